The molecule has 1 N–H and O–H groups in total. The van der Waals surface area contributed by atoms with Crippen LogP contribution in [0.5, 0.6) is 0 Å². The maximum atomic E-state index is 13.9. The Bertz CT molecular complexity index is 614. The zero-order chi connectivity index (χ0) is 15.5. The van der Waals surface area contributed by atoms with E-state index in [1.165, 1.54) is 6.92 Å². The Morgan fingerprint density at radius 1 is 1.40 bits per heavy atom. The number of carbonyl (C=O) groups excluding carboxylic acids is 1. The topological polar surface area (TPSA) is 63.2 Å². The Balaban J connectivity index is 3.05. The van der Waals surface area contributed by atoms with Crippen molar-refractivity contribution in [1.29, 1.82) is 0 Å². The summed E-state index contributed by atoms with van der Waals surface area (Å²) in [4.78, 5) is 11.6. The molecule has 1 aromatic carbocycles. The van der Waals surface area contributed by atoms with Gasteiger partial charge < -0.3 is 5.32 Å². The van der Waals surface area contributed by atoms with Gasteiger partial charge in [-0.2, -0.15) is 0 Å². The Labute approximate surface area is 122 Å². The van der Waals surface area contributed by atoms with Gasteiger partial charge in [-0.1, -0.05) is 13.8 Å². The SMILES string of the molecule is Cc1cc(S(=O)(=O)Cl)cc(C(=O)NCCC(C)C)c1F. The highest BCUT2D eigenvalue weighted by atomic mass is 35.7. The molecule has 0 saturated heterocycles. The first-order chi connectivity index (χ1) is 9.12. The molecule has 0 radical (unpaired) electrons. The van der Waals surface area contributed by atoms with E-state index >= 15 is 0 Å². The molecule has 1 aromatic rings. The minimum atomic E-state index is -4.01. The van der Waals surface area contributed by atoms with Crippen LogP contribution in [0, 0.1) is 18.7 Å². The van der Waals surface area contributed by atoms with Gasteiger partial charge in [0.2, 0.25) is 0 Å². The molecule has 0 aliphatic heterocycles. The number of carbonyl (C=O) groups is 1. The first kappa shape index (κ1) is 16.9. The van der Waals surface area contributed by atoms with Crippen LogP contribution in [0.3, 0.4) is 0 Å². The van der Waals surface area contributed by atoms with Crippen LogP contribution in [0.15, 0.2) is 17.0 Å². The maximum absolute atomic E-state index is 13.9. The summed E-state index contributed by atoms with van der Waals surface area (Å²) in [6, 6.07) is 2.05. The number of amides is 1. The number of hydrogen-bond acceptors (Lipinski definition) is 3. The average Bonchev–Trinajstić information content (AvgIpc) is 2.30. The largest absolute Gasteiger partial charge is 0.352 e. The molecule has 0 heterocycles. The van der Waals surface area contributed by atoms with E-state index in [1.54, 1.807) is 0 Å². The second kappa shape index (κ2) is 6.54. The lowest BCUT2D eigenvalue weighted by Gasteiger charge is -2.10. The molecule has 0 saturated carbocycles. The third-order valence-electron chi connectivity index (χ3n) is 2.76. The Hall–Kier alpha value is -1.14. The van der Waals surface area contributed by atoms with Crippen molar-refractivity contribution in [2.24, 2.45) is 5.92 Å². The quantitative estimate of drug-likeness (QED) is 0.848. The predicted molar refractivity (Wildman–Crippen MR) is 76.0 cm³/mol. The Morgan fingerprint density at radius 3 is 2.50 bits per heavy atom. The van der Waals surface area contributed by atoms with Crippen LogP contribution >= 0.6 is 10.7 Å². The first-order valence-corrected chi connectivity index (χ1v) is 8.47. The molecule has 0 spiro atoms. The van der Waals surface area contributed by atoms with Gasteiger partial charge in [0.25, 0.3) is 15.0 Å². The fourth-order valence-electron chi connectivity index (χ4n) is 1.61. The molecular weight excluding hydrogens is 305 g/mol. The molecule has 0 aliphatic carbocycles. The highest BCUT2D eigenvalue weighted by Crippen LogP contribution is 2.22. The van der Waals surface area contributed by atoms with E-state index in [-0.39, 0.29) is 16.0 Å². The summed E-state index contributed by atoms with van der Waals surface area (Å²) in [6.07, 6.45) is 0.750. The van der Waals surface area contributed by atoms with E-state index in [2.05, 4.69) is 5.32 Å². The number of rotatable bonds is 5. The second-order valence-electron chi connectivity index (χ2n) is 4.98. The van der Waals surface area contributed by atoms with Crippen molar-refractivity contribution in [1.82, 2.24) is 5.32 Å². The van der Waals surface area contributed by atoms with Crippen LogP contribution in [-0.2, 0) is 9.05 Å². The highest BCUT2D eigenvalue weighted by molar-refractivity contribution is 8.13. The van der Waals surface area contributed by atoms with Crippen molar-refractivity contribution in [2.45, 2.75) is 32.1 Å². The van der Waals surface area contributed by atoms with E-state index in [9.17, 15) is 17.6 Å². The summed E-state index contributed by atoms with van der Waals surface area (Å²) in [6.45, 7) is 5.77. The monoisotopic (exact) mass is 321 g/mol. The molecule has 0 unspecified atom stereocenters. The molecule has 0 aliphatic rings. The summed E-state index contributed by atoms with van der Waals surface area (Å²) < 4.78 is 36.5. The fourth-order valence-corrected chi connectivity index (χ4v) is 2.46. The molecule has 0 bridgehead atoms. The van der Waals surface area contributed by atoms with E-state index in [0.29, 0.717) is 12.5 Å². The van der Waals surface area contributed by atoms with Gasteiger partial charge in [-0.25, -0.2) is 12.8 Å². The molecule has 4 nitrogen and oxygen atoms in total. The smallest absolute Gasteiger partial charge is 0.261 e. The summed E-state index contributed by atoms with van der Waals surface area (Å²) in [5.74, 6) is -0.985. The highest BCUT2D eigenvalue weighted by Gasteiger charge is 2.19. The van der Waals surface area contributed by atoms with Gasteiger partial charge in [0.15, 0.2) is 0 Å². The van der Waals surface area contributed by atoms with E-state index < -0.39 is 20.8 Å². The summed E-state index contributed by atoms with van der Waals surface area (Å²) in [7, 11) is 1.22. The van der Waals surface area contributed by atoms with Crippen LogP contribution in [0.2, 0.25) is 0 Å². The third kappa shape index (κ3) is 4.45. The van der Waals surface area contributed by atoms with Gasteiger partial charge in [-0.3, -0.25) is 4.79 Å². The van der Waals surface area contributed by atoms with Crippen LogP contribution in [0.4, 0.5) is 4.39 Å². The summed E-state index contributed by atoms with van der Waals surface area (Å²) >= 11 is 0. The van der Waals surface area contributed by atoms with Crippen LogP contribution in [0.1, 0.15) is 36.2 Å². The van der Waals surface area contributed by atoms with Crippen LogP contribution in [-0.4, -0.2) is 20.9 Å². The van der Waals surface area contributed by atoms with Gasteiger partial charge in [0.05, 0.1) is 10.5 Å². The lowest BCUT2D eigenvalue weighted by atomic mass is 10.1. The van der Waals surface area contributed by atoms with Gasteiger partial charge in [0.1, 0.15) is 5.82 Å². The Morgan fingerprint density at radius 2 is 2.00 bits per heavy atom. The molecule has 1 rings (SSSR count). The minimum Gasteiger partial charge on any atom is -0.352 e. The van der Waals surface area contributed by atoms with E-state index in [4.69, 9.17) is 10.7 Å². The molecule has 112 valence electrons. The normalized spacial score (nSPS) is 11.7. The van der Waals surface area contributed by atoms with Crippen molar-refractivity contribution in [3.63, 3.8) is 0 Å². The van der Waals surface area contributed by atoms with Crippen LogP contribution < -0.4 is 5.32 Å². The average molecular weight is 322 g/mol. The molecule has 7 heteroatoms. The number of hydrogen-bond donors (Lipinski definition) is 1. The molecule has 0 atom stereocenters. The zero-order valence-corrected chi connectivity index (χ0v) is 13.1. The van der Waals surface area contributed by atoms with E-state index in [1.807, 2.05) is 13.8 Å². The maximum Gasteiger partial charge on any atom is 0.261 e. The predicted octanol–water partition coefficient (Wildman–Crippen LogP) is 2.84. The number of aryl methyl sites for hydroxylation is 1. The molecule has 0 aromatic heterocycles. The van der Waals surface area contributed by atoms with Gasteiger partial charge >= 0.3 is 0 Å². The van der Waals surface area contributed by atoms with Gasteiger partial charge in [-0.15, -0.1) is 0 Å². The van der Waals surface area contributed by atoms with Crippen molar-refractivity contribution in [3.05, 3.63) is 29.1 Å². The van der Waals surface area contributed by atoms with Crippen molar-refractivity contribution in [3.8, 4) is 0 Å². The number of nitrogens with one attached hydrogen (secondary N) is 1. The summed E-state index contributed by atoms with van der Waals surface area (Å²) in [5.41, 5.74) is -0.256. The Kier molecular flexibility index (Phi) is 5.53. The molecule has 20 heavy (non-hydrogen) atoms. The molecular formula is C13H17ClFNO3S. The zero-order valence-electron chi connectivity index (χ0n) is 11.5. The van der Waals surface area contributed by atoms with Crippen LogP contribution in [0.25, 0.3) is 0 Å². The second-order valence-corrected chi connectivity index (χ2v) is 7.54. The van der Waals surface area contributed by atoms with Crippen molar-refractivity contribution >= 4 is 25.6 Å². The standard InChI is InChI=1S/C13H17ClFNO3S/c1-8(2)4-5-16-13(17)11-7-10(20(14,18)19)6-9(3)12(11)15/h6-8H,4-5H2,1-3H3,(H,16,17). The van der Waals surface area contributed by atoms with Crippen molar-refractivity contribution in [2.75, 3.05) is 6.54 Å². The first-order valence-electron chi connectivity index (χ1n) is 6.16. The van der Waals surface area contributed by atoms with Gasteiger partial charge in [0, 0.05) is 17.2 Å². The molecule has 0 fully saturated rings. The van der Waals surface area contributed by atoms with E-state index in [0.717, 1.165) is 18.6 Å². The number of halogens is 2. The molecule has 1 amide bonds. The van der Waals surface area contributed by atoms with Crippen molar-refractivity contribution < 1.29 is 17.6 Å². The summed E-state index contributed by atoms with van der Waals surface area (Å²) in [5, 5.41) is 2.56. The lowest BCUT2D eigenvalue weighted by Crippen LogP contribution is -2.26. The minimum absolute atomic E-state index is 0.0562. The number of benzene rings is 1. The third-order valence-corrected chi connectivity index (χ3v) is 4.09. The lowest BCUT2D eigenvalue weighted by molar-refractivity contribution is 0.0947. The van der Waals surface area contributed by atoms with Gasteiger partial charge in [-0.05, 0) is 37.0 Å². The fraction of sp³-hybridized carbons (Fsp3) is 0.462.